The van der Waals surface area contributed by atoms with Crippen molar-refractivity contribution in [3.8, 4) is 0 Å². The lowest BCUT2D eigenvalue weighted by Crippen LogP contribution is -2.31. The van der Waals surface area contributed by atoms with Crippen LogP contribution in [0.4, 0.5) is 11.4 Å². The maximum absolute atomic E-state index is 13.8. The number of carbonyl (C=O) groups is 3. The van der Waals surface area contributed by atoms with Crippen molar-refractivity contribution in [2.45, 2.75) is 53.0 Å². The Labute approximate surface area is 214 Å². The van der Waals surface area contributed by atoms with Crippen LogP contribution in [0.1, 0.15) is 65.2 Å². The van der Waals surface area contributed by atoms with Gasteiger partial charge >= 0.3 is 0 Å². The third-order valence-electron chi connectivity index (χ3n) is 6.10. The number of thiazole rings is 1. The highest BCUT2D eigenvalue weighted by Gasteiger charge is 2.45. The van der Waals surface area contributed by atoms with Crippen LogP contribution in [0, 0.1) is 13.8 Å². The molecule has 3 aromatic rings. The van der Waals surface area contributed by atoms with E-state index in [9.17, 15) is 19.5 Å². The molecule has 2 heterocycles. The molecular formula is C28H29N3O4S. The van der Waals surface area contributed by atoms with Gasteiger partial charge < -0.3 is 10.4 Å². The summed E-state index contributed by atoms with van der Waals surface area (Å²) in [6.45, 7) is 11.3. The zero-order chi connectivity index (χ0) is 26.4. The zero-order valence-corrected chi connectivity index (χ0v) is 22.0. The molecular weight excluding hydrogens is 474 g/mol. The Balaban J connectivity index is 1.87. The third kappa shape index (κ3) is 4.68. The quantitative estimate of drug-likeness (QED) is 0.429. The maximum Gasteiger partial charge on any atom is 0.294 e. The van der Waals surface area contributed by atoms with Gasteiger partial charge in [-0.2, -0.15) is 0 Å². The molecule has 2 N–H and O–H groups in total. The fourth-order valence-corrected chi connectivity index (χ4v) is 5.26. The molecule has 0 bridgehead atoms. The molecule has 2 amide bonds. The molecule has 0 saturated carbocycles. The molecule has 1 aliphatic heterocycles. The molecule has 1 aromatic heterocycles. The minimum Gasteiger partial charge on any atom is -0.503 e. The summed E-state index contributed by atoms with van der Waals surface area (Å²) in [4.78, 5) is 45.0. The van der Waals surface area contributed by atoms with E-state index in [4.69, 9.17) is 0 Å². The van der Waals surface area contributed by atoms with E-state index in [-0.39, 0.29) is 16.9 Å². The van der Waals surface area contributed by atoms with E-state index in [1.807, 2.05) is 31.2 Å². The van der Waals surface area contributed by atoms with Crippen molar-refractivity contribution in [3.63, 3.8) is 0 Å². The van der Waals surface area contributed by atoms with Crippen molar-refractivity contribution >= 4 is 40.3 Å². The Morgan fingerprint density at radius 1 is 1.08 bits per heavy atom. The number of benzene rings is 2. The summed E-state index contributed by atoms with van der Waals surface area (Å²) in [5.41, 5.74) is 3.23. The molecule has 1 unspecified atom stereocenters. The van der Waals surface area contributed by atoms with E-state index in [1.54, 1.807) is 31.2 Å². The maximum atomic E-state index is 13.8. The molecule has 4 rings (SSSR count). The molecule has 0 saturated heterocycles. The van der Waals surface area contributed by atoms with E-state index in [0.29, 0.717) is 27.5 Å². The summed E-state index contributed by atoms with van der Waals surface area (Å²) < 4.78 is 0. The molecule has 36 heavy (non-hydrogen) atoms. The number of carbonyl (C=O) groups excluding carboxylic acids is 3. The van der Waals surface area contributed by atoms with E-state index in [1.165, 1.54) is 23.2 Å². The fraction of sp³-hybridized carbons (Fsp3) is 0.286. The topological polar surface area (TPSA) is 99.6 Å². The highest BCUT2D eigenvalue weighted by molar-refractivity contribution is 7.14. The summed E-state index contributed by atoms with van der Waals surface area (Å²) in [5.74, 6) is -1.93. The van der Waals surface area contributed by atoms with Crippen LogP contribution in [0.2, 0.25) is 0 Å². The Bertz CT molecular complexity index is 1400. The van der Waals surface area contributed by atoms with Gasteiger partial charge in [-0.1, -0.05) is 51.1 Å². The van der Waals surface area contributed by atoms with Gasteiger partial charge in [-0.3, -0.25) is 19.3 Å². The largest absolute Gasteiger partial charge is 0.503 e. The van der Waals surface area contributed by atoms with E-state index in [0.717, 1.165) is 10.6 Å². The van der Waals surface area contributed by atoms with Gasteiger partial charge in [0.2, 0.25) is 11.7 Å². The van der Waals surface area contributed by atoms with Gasteiger partial charge in [0.25, 0.3) is 5.91 Å². The molecule has 7 nitrogen and oxygen atoms in total. The van der Waals surface area contributed by atoms with E-state index >= 15 is 0 Å². The van der Waals surface area contributed by atoms with Gasteiger partial charge in [-0.05, 0) is 48.6 Å². The average Bonchev–Trinajstić information content (AvgIpc) is 3.28. The number of aryl methyl sites for hydroxylation is 2. The Hall–Kier alpha value is -3.78. The Morgan fingerprint density at radius 3 is 2.31 bits per heavy atom. The van der Waals surface area contributed by atoms with Crippen LogP contribution in [0.5, 0.6) is 0 Å². The number of aliphatic hydroxyl groups excluding tert-OH is 1. The van der Waals surface area contributed by atoms with Gasteiger partial charge in [-0.15, -0.1) is 11.3 Å². The number of ketones is 1. The van der Waals surface area contributed by atoms with Crippen molar-refractivity contribution in [2.24, 2.45) is 0 Å². The predicted octanol–water partition coefficient (Wildman–Crippen LogP) is 5.80. The lowest BCUT2D eigenvalue weighted by atomic mass is 9.85. The van der Waals surface area contributed by atoms with Crippen LogP contribution >= 0.6 is 11.3 Å². The SMILES string of the molecule is CC(=O)Nc1cccc(N2C(=O)C(O)=C(C(=O)c3sc(C)nc3C)C2c2ccc(C(C)(C)C)cc2)c1. The number of nitrogens with one attached hydrogen (secondary N) is 1. The minimum absolute atomic E-state index is 0.0141. The third-order valence-corrected chi connectivity index (χ3v) is 7.17. The average molecular weight is 504 g/mol. The highest BCUT2D eigenvalue weighted by Crippen LogP contribution is 2.43. The highest BCUT2D eigenvalue weighted by atomic mass is 32.1. The summed E-state index contributed by atoms with van der Waals surface area (Å²) >= 11 is 1.24. The second kappa shape index (κ2) is 9.35. The molecule has 0 aliphatic carbocycles. The molecule has 186 valence electrons. The Kier molecular flexibility index (Phi) is 6.58. The number of aromatic nitrogens is 1. The molecule has 0 fully saturated rings. The lowest BCUT2D eigenvalue weighted by Gasteiger charge is -2.28. The number of aliphatic hydroxyl groups is 1. The predicted molar refractivity (Wildman–Crippen MR) is 142 cm³/mol. The van der Waals surface area contributed by atoms with Gasteiger partial charge in [0.05, 0.1) is 27.2 Å². The van der Waals surface area contributed by atoms with Crippen molar-refractivity contribution in [2.75, 3.05) is 10.2 Å². The van der Waals surface area contributed by atoms with Crippen LogP contribution in [0.15, 0.2) is 59.9 Å². The number of rotatable bonds is 5. The minimum atomic E-state index is -0.853. The van der Waals surface area contributed by atoms with Crippen LogP contribution in [0.25, 0.3) is 0 Å². The van der Waals surface area contributed by atoms with Crippen LogP contribution in [-0.2, 0) is 15.0 Å². The summed E-state index contributed by atoms with van der Waals surface area (Å²) in [6.07, 6.45) is 0. The first-order valence-electron chi connectivity index (χ1n) is 11.6. The van der Waals surface area contributed by atoms with Crippen LogP contribution < -0.4 is 10.2 Å². The smallest absolute Gasteiger partial charge is 0.294 e. The number of anilines is 2. The molecule has 8 heteroatoms. The second-order valence-electron chi connectivity index (χ2n) is 9.92. The molecule has 2 aromatic carbocycles. The van der Waals surface area contributed by atoms with Gasteiger partial charge in [0.1, 0.15) is 0 Å². The Morgan fingerprint density at radius 2 is 1.75 bits per heavy atom. The first-order chi connectivity index (χ1) is 16.9. The van der Waals surface area contributed by atoms with E-state index < -0.39 is 23.5 Å². The molecule has 1 aliphatic rings. The van der Waals surface area contributed by atoms with Crippen LogP contribution in [0.3, 0.4) is 0 Å². The monoisotopic (exact) mass is 503 g/mol. The summed E-state index contributed by atoms with van der Waals surface area (Å²) in [7, 11) is 0. The number of Topliss-reactive ketones (excluding diaryl/α,β-unsaturated/α-hetero) is 1. The first kappa shape index (κ1) is 25.3. The first-order valence-corrected chi connectivity index (χ1v) is 12.4. The molecule has 1 atom stereocenters. The summed E-state index contributed by atoms with van der Waals surface area (Å²) in [5, 5.41) is 14.5. The van der Waals surface area contributed by atoms with Gasteiger partial charge in [0, 0.05) is 18.3 Å². The van der Waals surface area contributed by atoms with Gasteiger partial charge in [0.15, 0.2) is 5.76 Å². The van der Waals surface area contributed by atoms with Crippen molar-refractivity contribution in [3.05, 3.63) is 86.6 Å². The fourth-order valence-electron chi connectivity index (χ4n) is 4.39. The van der Waals surface area contributed by atoms with Crippen molar-refractivity contribution in [1.29, 1.82) is 0 Å². The normalized spacial score (nSPS) is 16.0. The molecule has 0 radical (unpaired) electrons. The van der Waals surface area contributed by atoms with Crippen LogP contribution in [-0.4, -0.2) is 27.7 Å². The lowest BCUT2D eigenvalue weighted by molar-refractivity contribution is -0.117. The van der Waals surface area contributed by atoms with Crippen molar-refractivity contribution < 1.29 is 19.5 Å². The van der Waals surface area contributed by atoms with E-state index in [2.05, 4.69) is 31.1 Å². The van der Waals surface area contributed by atoms with Gasteiger partial charge in [-0.25, -0.2) is 4.98 Å². The number of hydrogen-bond donors (Lipinski definition) is 2. The number of hydrogen-bond acceptors (Lipinski definition) is 6. The van der Waals surface area contributed by atoms with Crippen molar-refractivity contribution in [1.82, 2.24) is 4.98 Å². The standard InChI is InChI=1S/C28H29N3O4S/c1-15-26(36-17(3)29-15)24(33)22-23(18-10-12-19(13-11-18)28(4,5)6)31(27(35)25(22)34)21-9-7-8-20(14-21)30-16(2)32/h7-14,23,34H,1-6H3,(H,30,32). The number of amides is 2. The summed E-state index contributed by atoms with van der Waals surface area (Å²) in [6, 6.07) is 13.7. The molecule has 0 spiro atoms. The zero-order valence-electron chi connectivity index (χ0n) is 21.2. The second-order valence-corrected chi connectivity index (χ2v) is 11.1. The number of nitrogens with zero attached hydrogens (tertiary/aromatic N) is 2.